The molecule has 6 nitrogen and oxygen atoms in total. The lowest BCUT2D eigenvalue weighted by atomic mass is 10.1. The van der Waals surface area contributed by atoms with Crippen LogP contribution in [-0.4, -0.2) is 17.5 Å². The topological polar surface area (TPSA) is 81.4 Å². The van der Waals surface area contributed by atoms with Crippen LogP contribution < -0.4 is 15.7 Å². The van der Waals surface area contributed by atoms with Crippen molar-refractivity contribution < 1.29 is 13.9 Å². The third kappa shape index (κ3) is 3.32. The fourth-order valence-electron chi connectivity index (χ4n) is 3.19. The van der Waals surface area contributed by atoms with Gasteiger partial charge in [-0.25, -0.2) is 4.79 Å². The van der Waals surface area contributed by atoms with Crippen LogP contribution in [0.3, 0.4) is 0 Å². The molecule has 0 fully saturated rings. The minimum Gasteiger partial charge on any atom is -0.494 e. The maximum absolute atomic E-state index is 13.0. The van der Waals surface area contributed by atoms with E-state index in [1.54, 1.807) is 24.3 Å². The van der Waals surface area contributed by atoms with Gasteiger partial charge in [0.15, 0.2) is 0 Å². The highest BCUT2D eigenvalue weighted by molar-refractivity contribution is 6.14. The molecule has 0 aliphatic rings. The Morgan fingerprint density at radius 3 is 2.75 bits per heavy atom. The van der Waals surface area contributed by atoms with Crippen molar-refractivity contribution in [2.75, 3.05) is 11.9 Å². The summed E-state index contributed by atoms with van der Waals surface area (Å²) in [7, 11) is 0. The fraction of sp³-hybridized carbons (Fsp3) is 0.136. The number of amides is 1. The quantitative estimate of drug-likeness (QED) is 0.539. The number of hydrogen-bond donors (Lipinski definition) is 1. The number of pyridine rings is 1. The smallest absolute Gasteiger partial charge is 0.337 e. The van der Waals surface area contributed by atoms with Gasteiger partial charge in [-0.15, -0.1) is 0 Å². The zero-order chi connectivity index (χ0) is 19.7. The zero-order valence-electron chi connectivity index (χ0n) is 15.5. The van der Waals surface area contributed by atoms with Gasteiger partial charge in [0.25, 0.3) is 5.91 Å². The van der Waals surface area contributed by atoms with Crippen molar-refractivity contribution >= 4 is 33.5 Å². The summed E-state index contributed by atoms with van der Waals surface area (Å²) < 4.78 is 10.7. The van der Waals surface area contributed by atoms with E-state index in [0.29, 0.717) is 29.0 Å². The van der Waals surface area contributed by atoms with Crippen LogP contribution in [0.5, 0.6) is 5.75 Å². The van der Waals surface area contributed by atoms with Crippen molar-refractivity contribution in [3.05, 3.63) is 76.3 Å². The Bertz CT molecular complexity index is 1260. The van der Waals surface area contributed by atoms with Crippen molar-refractivity contribution in [1.82, 2.24) is 4.98 Å². The highest BCUT2D eigenvalue weighted by Crippen LogP contribution is 2.26. The van der Waals surface area contributed by atoms with Crippen molar-refractivity contribution in [2.45, 2.75) is 13.8 Å². The second-order valence-electron chi connectivity index (χ2n) is 6.35. The summed E-state index contributed by atoms with van der Waals surface area (Å²) in [5.41, 5.74) is 2.17. The summed E-state index contributed by atoms with van der Waals surface area (Å²) in [6.07, 6.45) is 0. The largest absolute Gasteiger partial charge is 0.494 e. The van der Waals surface area contributed by atoms with Crippen molar-refractivity contribution in [2.24, 2.45) is 0 Å². The Labute approximate surface area is 160 Å². The van der Waals surface area contributed by atoms with Gasteiger partial charge in [-0.1, -0.05) is 18.2 Å². The molecule has 0 aliphatic carbocycles. The van der Waals surface area contributed by atoms with Gasteiger partial charge in [0.05, 0.1) is 23.4 Å². The van der Waals surface area contributed by atoms with E-state index in [4.69, 9.17) is 9.15 Å². The predicted molar refractivity (Wildman–Crippen MR) is 108 cm³/mol. The van der Waals surface area contributed by atoms with Crippen molar-refractivity contribution in [3.63, 3.8) is 0 Å². The molecule has 0 unspecified atom stereocenters. The lowest BCUT2D eigenvalue weighted by Crippen LogP contribution is -2.15. The molecule has 0 atom stereocenters. The van der Waals surface area contributed by atoms with Crippen LogP contribution in [0, 0.1) is 6.92 Å². The Kier molecular flexibility index (Phi) is 4.53. The molecule has 0 aliphatic heterocycles. The van der Waals surface area contributed by atoms with Gasteiger partial charge in [0.2, 0.25) is 0 Å². The first-order valence-electron chi connectivity index (χ1n) is 8.93. The molecular weight excluding hydrogens is 356 g/mol. The number of aromatic nitrogens is 1. The highest BCUT2D eigenvalue weighted by Gasteiger charge is 2.16. The lowest BCUT2D eigenvalue weighted by Gasteiger charge is -2.11. The third-order valence-corrected chi connectivity index (χ3v) is 4.36. The van der Waals surface area contributed by atoms with Gasteiger partial charge >= 0.3 is 5.63 Å². The number of nitrogens with zero attached hydrogens (tertiary/aromatic N) is 1. The molecule has 0 bridgehead atoms. The van der Waals surface area contributed by atoms with E-state index in [1.807, 2.05) is 38.1 Å². The molecule has 2 heterocycles. The van der Waals surface area contributed by atoms with Crippen LogP contribution in [0.25, 0.3) is 21.9 Å². The van der Waals surface area contributed by atoms with E-state index in [2.05, 4.69) is 10.3 Å². The van der Waals surface area contributed by atoms with Crippen LogP contribution >= 0.6 is 0 Å². The molecule has 0 spiro atoms. The van der Waals surface area contributed by atoms with E-state index in [1.165, 1.54) is 6.07 Å². The molecule has 4 rings (SSSR count). The summed E-state index contributed by atoms with van der Waals surface area (Å²) in [5.74, 6) is 0.185. The molecule has 1 N–H and O–H groups in total. The van der Waals surface area contributed by atoms with Gasteiger partial charge < -0.3 is 14.5 Å². The number of aryl methyl sites for hydroxylation is 1. The van der Waals surface area contributed by atoms with E-state index in [0.717, 1.165) is 16.6 Å². The summed E-state index contributed by atoms with van der Waals surface area (Å²) >= 11 is 0. The van der Waals surface area contributed by atoms with E-state index >= 15 is 0 Å². The minimum absolute atomic E-state index is 0.243. The summed E-state index contributed by atoms with van der Waals surface area (Å²) in [4.78, 5) is 29.5. The van der Waals surface area contributed by atoms with Gasteiger partial charge in [-0.3, -0.25) is 9.78 Å². The first-order chi connectivity index (χ1) is 13.5. The predicted octanol–water partition coefficient (Wildman–Crippen LogP) is 4.30. The third-order valence-electron chi connectivity index (χ3n) is 4.36. The number of ether oxygens (including phenoxy) is 1. The van der Waals surface area contributed by atoms with Crippen LogP contribution in [0.4, 0.5) is 5.69 Å². The standard InChI is InChI=1S/C22H18N2O4/c1-3-27-14-8-9-15-17(12-21(25)28-20(15)11-14)22(26)24-19-10-13(2)23-18-7-5-4-6-16(18)19/h4-12H,3H2,1-2H3,(H,23,24,26). The number of hydrogen-bond acceptors (Lipinski definition) is 5. The number of para-hydroxylation sites is 1. The second kappa shape index (κ2) is 7.15. The fourth-order valence-corrected chi connectivity index (χ4v) is 3.19. The van der Waals surface area contributed by atoms with E-state index < -0.39 is 11.5 Å². The number of nitrogens with one attached hydrogen (secondary N) is 1. The molecule has 0 saturated heterocycles. The molecule has 0 saturated carbocycles. The number of carbonyl (C=O) groups is 1. The SMILES string of the molecule is CCOc1ccc2c(C(=O)Nc3cc(C)nc4ccccc34)cc(=O)oc2c1. The monoisotopic (exact) mass is 374 g/mol. The van der Waals surface area contributed by atoms with Gasteiger partial charge in [0, 0.05) is 28.6 Å². The first kappa shape index (κ1) is 17.7. The number of carbonyl (C=O) groups excluding carboxylic acids is 1. The maximum Gasteiger partial charge on any atom is 0.337 e. The molecule has 1 amide bonds. The number of fused-ring (bicyclic) bond motifs is 2. The summed E-state index contributed by atoms with van der Waals surface area (Å²) in [5, 5.41) is 4.27. The first-order valence-corrected chi connectivity index (χ1v) is 8.93. The van der Waals surface area contributed by atoms with Gasteiger partial charge in [0.1, 0.15) is 11.3 Å². The van der Waals surface area contributed by atoms with Crippen LogP contribution in [0.1, 0.15) is 23.0 Å². The zero-order valence-corrected chi connectivity index (χ0v) is 15.5. The van der Waals surface area contributed by atoms with Crippen LogP contribution in [0.15, 0.2) is 63.8 Å². The number of rotatable bonds is 4. The molecule has 2 aromatic heterocycles. The number of anilines is 1. The molecule has 140 valence electrons. The summed E-state index contributed by atoms with van der Waals surface area (Å²) in [6.45, 7) is 4.22. The minimum atomic E-state index is -0.595. The average Bonchev–Trinajstić information content (AvgIpc) is 2.67. The average molecular weight is 374 g/mol. The Morgan fingerprint density at radius 1 is 1.11 bits per heavy atom. The van der Waals surface area contributed by atoms with Crippen molar-refractivity contribution in [3.8, 4) is 5.75 Å². The summed E-state index contributed by atoms with van der Waals surface area (Å²) in [6, 6.07) is 15.6. The molecule has 0 radical (unpaired) electrons. The highest BCUT2D eigenvalue weighted by atomic mass is 16.5. The van der Waals surface area contributed by atoms with E-state index in [9.17, 15) is 9.59 Å². The Hall–Kier alpha value is -3.67. The molecular formula is C22H18N2O4. The maximum atomic E-state index is 13.0. The molecule has 28 heavy (non-hydrogen) atoms. The number of benzene rings is 2. The normalized spacial score (nSPS) is 10.9. The Morgan fingerprint density at radius 2 is 1.93 bits per heavy atom. The van der Waals surface area contributed by atoms with Crippen LogP contribution in [-0.2, 0) is 0 Å². The lowest BCUT2D eigenvalue weighted by molar-refractivity contribution is 0.102. The van der Waals surface area contributed by atoms with Crippen molar-refractivity contribution in [1.29, 1.82) is 0 Å². The second-order valence-corrected chi connectivity index (χ2v) is 6.35. The molecule has 2 aromatic carbocycles. The van der Waals surface area contributed by atoms with E-state index in [-0.39, 0.29) is 5.56 Å². The molecule has 4 aromatic rings. The van der Waals surface area contributed by atoms with Gasteiger partial charge in [-0.2, -0.15) is 0 Å². The molecule has 6 heteroatoms. The Balaban J connectivity index is 1.79. The van der Waals surface area contributed by atoms with Gasteiger partial charge in [-0.05, 0) is 38.1 Å². The van der Waals surface area contributed by atoms with Crippen LogP contribution in [0.2, 0.25) is 0 Å².